The third-order valence-electron chi connectivity index (χ3n) is 2.79. The molecule has 1 aromatic rings. The summed E-state index contributed by atoms with van der Waals surface area (Å²) in [6.07, 6.45) is 9.71. The van der Waals surface area contributed by atoms with Crippen molar-refractivity contribution in [3.63, 3.8) is 0 Å². The SMILES string of the molecule is O=[N+]([O-])c1ccc(O)cc1.OC1/C=C/CCCCC1.[Y]. The van der Waals surface area contributed by atoms with E-state index in [0.29, 0.717) is 0 Å². The number of allylic oxidation sites excluding steroid dienone is 1. The average molecular weight is 354 g/mol. The van der Waals surface area contributed by atoms with Gasteiger partial charge in [0.1, 0.15) is 5.75 Å². The van der Waals surface area contributed by atoms with Crippen molar-refractivity contribution < 1.29 is 47.8 Å². The van der Waals surface area contributed by atoms with Crippen LogP contribution in [0.25, 0.3) is 0 Å². The maximum absolute atomic E-state index is 10.0. The largest absolute Gasteiger partial charge is 0.508 e. The van der Waals surface area contributed by atoms with Crippen LogP contribution in [-0.4, -0.2) is 21.2 Å². The number of hydrogen-bond donors (Lipinski definition) is 2. The standard InChI is InChI=1S/C8H14O.C6H5NO3.Y/c9-8-6-4-2-1-3-5-7-8;8-6-3-1-5(2-4-6)7(9)10;/h4,6,8-9H,1-3,5,7H2;1-4,8H;/b6-4+;;. The molecule has 0 aliphatic heterocycles. The van der Waals surface area contributed by atoms with Crippen LogP contribution in [0, 0.1) is 10.1 Å². The molecular weight excluding hydrogens is 335 g/mol. The summed E-state index contributed by atoms with van der Waals surface area (Å²) in [5, 5.41) is 27.9. The van der Waals surface area contributed by atoms with Crippen molar-refractivity contribution in [2.24, 2.45) is 0 Å². The van der Waals surface area contributed by atoms with Crippen LogP contribution in [0.1, 0.15) is 32.1 Å². The number of aliphatic hydroxyl groups is 1. The first-order valence-corrected chi connectivity index (χ1v) is 6.38. The zero-order valence-corrected chi connectivity index (χ0v) is 14.2. The number of aliphatic hydroxyl groups excluding tert-OH is 1. The van der Waals surface area contributed by atoms with E-state index in [-0.39, 0.29) is 50.3 Å². The van der Waals surface area contributed by atoms with Crippen LogP contribution in [0.4, 0.5) is 5.69 Å². The Morgan fingerprint density at radius 1 is 1.15 bits per heavy atom. The summed E-state index contributed by atoms with van der Waals surface area (Å²) < 4.78 is 0. The van der Waals surface area contributed by atoms with Crippen molar-refractivity contribution in [3.05, 3.63) is 46.5 Å². The summed E-state index contributed by atoms with van der Waals surface area (Å²) in [6, 6.07) is 5.04. The molecule has 107 valence electrons. The van der Waals surface area contributed by atoms with Crippen molar-refractivity contribution in [2.75, 3.05) is 0 Å². The van der Waals surface area contributed by atoms with Crippen LogP contribution in [0.5, 0.6) is 5.75 Å². The summed E-state index contributed by atoms with van der Waals surface area (Å²) in [7, 11) is 0. The molecule has 0 aromatic heterocycles. The number of nitro groups is 1. The van der Waals surface area contributed by atoms with Crippen LogP contribution in [0.3, 0.4) is 0 Å². The fourth-order valence-electron chi connectivity index (χ4n) is 1.72. The van der Waals surface area contributed by atoms with E-state index in [9.17, 15) is 10.1 Å². The Labute approximate surface area is 143 Å². The predicted octanol–water partition coefficient (Wildman–Crippen LogP) is 3.17. The fourth-order valence-corrected chi connectivity index (χ4v) is 1.72. The number of phenolic OH excluding ortho intramolecular Hbond substituents is 1. The summed E-state index contributed by atoms with van der Waals surface area (Å²) in [4.78, 5) is 9.52. The van der Waals surface area contributed by atoms with Crippen molar-refractivity contribution in [1.29, 1.82) is 0 Å². The number of rotatable bonds is 1. The van der Waals surface area contributed by atoms with E-state index in [1.807, 2.05) is 6.08 Å². The maximum atomic E-state index is 10.0. The molecule has 0 fully saturated rings. The van der Waals surface area contributed by atoms with Crippen molar-refractivity contribution in [2.45, 2.75) is 38.2 Å². The first-order valence-electron chi connectivity index (χ1n) is 6.38. The van der Waals surface area contributed by atoms with E-state index in [4.69, 9.17) is 10.2 Å². The molecule has 0 saturated carbocycles. The molecule has 0 heterocycles. The van der Waals surface area contributed by atoms with Crippen LogP contribution >= 0.6 is 0 Å². The van der Waals surface area contributed by atoms with Crippen molar-refractivity contribution in [3.8, 4) is 5.75 Å². The second kappa shape index (κ2) is 10.9. The molecule has 1 radical (unpaired) electrons. The molecule has 0 amide bonds. The summed E-state index contributed by atoms with van der Waals surface area (Å²) in [5.41, 5.74) is -0.0159. The van der Waals surface area contributed by atoms with Crippen molar-refractivity contribution >= 4 is 5.69 Å². The zero-order chi connectivity index (χ0) is 14.1. The van der Waals surface area contributed by atoms with Gasteiger partial charge in [0.2, 0.25) is 0 Å². The molecular formula is C14H19NO4Y. The van der Waals surface area contributed by atoms with Crippen LogP contribution in [0.2, 0.25) is 0 Å². The van der Waals surface area contributed by atoms with Gasteiger partial charge in [0.25, 0.3) is 5.69 Å². The summed E-state index contributed by atoms with van der Waals surface area (Å²) >= 11 is 0. The molecule has 5 nitrogen and oxygen atoms in total. The molecule has 6 heteroatoms. The Hall–Kier alpha value is -0.776. The molecule has 20 heavy (non-hydrogen) atoms. The van der Waals surface area contributed by atoms with Gasteiger partial charge < -0.3 is 10.2 Å². The van der Waals surface area contributed by atoms with Crippen LogP contribution in [-0.2, 0) is 32.7 Å². The van der Waals surface area contributed by atoms with Gasteiger partial charge in [-0.1, -0.05) is 25.0 Å². The van der Waals surface area contributed by atoms with Gasteiger partial charge in [0.05, 0.1) is 11.0 Å². The van der Waals surface area contributed by atoms with Crippen LogP contribution in [0.15, 0.2) is 36.4 Å². The summed E-state index contributed by atoms with van der Waals surface area (Å²) in [6.45, 7) is 0. The number of phenols is 1. The van der Waals surface area contributed by atoms with Gasteiger partial charge in [-0.15, -0.1) is 0 Å². The normalized spacial score (nSPS) is 19.4. The number of nitro benzene ring substituents is 1. The van der Waals surface area contributed by atoms with E-state index in [2.05, 4.69) is 6.08 Å². The molecule has 0 spiro atoms. The first kappa shape index (κ1) is 19.2. The van der Waals surface area contributed by atoms with Gasteiger partial charge >= 0.3 is 0 Å². The molecule has 1 atom stereocenters. The molecule has 0 saturated heterocycles. The van der Waals surface area contributed by atoms with Gasteiger partial charge in [-0.3, -0.25) is 10.1 Å². The maximum Gasteiger partial charge on any atom is 0.269 e. The zero-order valence-electron chi connectivity index (χ0n) is 11.3. The Kier molecular flexibility index (Phi) is 10.5. The number of non-ortho nitro benzene ring substituents is 1. The van der Waals surface area contributed by atoms with Gasteiger partial charge in [0.15, 0.2) is 0 Å². The molecule has 1 aliphatic rings. The Balaban J connectivity index is 0.000000345. The Morgan fingerprint density at radius 3 is 2.40 bits per heavy atom. The van der Waals surface area contributed by atoms with E-state index in [1.165, 1.54) is 43.5 Å². The number of aromatic hydroxyl groups is 1. The number of hydrogen-bond acceptors (Lipinski definition) is 4. The molecule has 1 aromatic carbocycles. The molecule has 2 N–H and O–H groups in total. The third-order valence-corrected chi connectivity index (χ3v) is 2.79. The monoisotopic (exact) mass is 354 g/mol. The number of benzene rings is 1. The van der Waals surface area contributed by atoms with Gasteiger partial charge in [-0.25, -0.2) is 0 Å². The van der Waals surface area contributed by atoms with Gasteiger partial charge in [-0.2, -0.15) is 0 Å². The first-order chi connectivity index (χ1) is 9.09. The second-order valence-corrected chi connectivity index (χ2v) is 4.41. The second-order valence-electron chi connectivity index (χ2n) is 4.41. The molecule has 0 bridgehead atoms. The van der Waals surface area contributed by atoms with Gasteiger partial charge in [0, 0.05) is 44.8 Å². The van der Waals surface area contributed by atoms with E-state index < -0.39 is 4.92 Å². The quantitative estimate of drug-likeness (QED) is 0.461. The van der Waals surface area contributed by atoms with E-state index in [0.717, 1.165) is 12.8 Å². The van der Waals surface area contributed by atoms with Crippen LogP contribution < -0.4 is 0 Å². The number of nitrogens with zero attached hydrogens (tertiary/aromatic N) is 1. The molecule has 1 aliphatic carbocycles. The minimum atomic E-state index is -0.514. The fraction of sp³-hybridized carbons (Fsp3) is 0.429. The minimum Gasteiger partial charge on any atom is -0.508 e. The third kappa shape index (κ3) is 8.41. The summed E-state index contributed by atoms with van der Waals surface area (Å²) in [5.74, 6) is 0.0330. The van der Waals surface area contributed by atoms with E-state index >= 15 is 0 Å². The predicted molar refractivity (Wildman–Crippen MR) is 73.0 cm³/mol. The Morgan fingerprint density at radius 2 is 1.80 bits per heavy atom. The van der Waals surface area contributed by atoms with E-state index in [1.54, 1.807) is 0 Å². The molecule has 2 rings (SSSR count). The molecule has 1 unspecified atom stereocenters. The smallest absolute Gasteiger partial charge is 0.269 e. The Bertz CT molecular complexity index is 420. The topological polar surface area (TPSA) is 83.6 Å². The average Bonchev–Trinajstić information content (AvgIpc) is 2.35. The van der Waals surface area contributed by atoms with Crippen molar-refractivity contribution in [1.82, 2.24) is 0 Å². The minimum absolute atomic E-state index is 0. The van der Waals surface area contributed by atoms with Gasteiger partial charge in [-0.05, 0) is 31.4 Å².